The van der Waals surface area contributed by atoms with E-state index in [9.17, 15) is 0 Å². The van der Waals surface area contributed by atoms with Crippen molar-refractivity contribution in [3.63, 3.8) is 0 Å². The maximum absolute atomic E-state index is 5.98. The number of nitrogens with zero attached hydrogens (tertiary/aromatic N) is 1. The van der Waals surface area contributed by atoms with Crippen molar-refractivity contribution in [2.24, 2.45) is 4.99 Å². The highest BCUT2D eigenvalue weighted by Gasteiger charge is 2.12. The fourth-order valence-electron chi connectivity index (χ4n) is 3.06. The van der Waals surface area contributed by atoms with Gasteiger partial charge in [0.25, 0.3) is 0 Å². The number of hydrogen-bond acceptors (Lipinski definition) is 3. The summed E-state index contributed by atoms with van der Waals surface area (Å²) in [6, 6.07) is 2.06. The zero-order valence-electron chi connectivity index (χ0n) is 14.8. The molecule has 0 atom stereocenters. The molecule has 23 heavy (non-hydrogen) atoms. The van der Waals surface area contributed by atoms with Gasteiger partial charge in [0.05, 0.1) is 12.7 Å². The van der Waals surface area contributed by atoms with Gasteiger partial charge in [0, 0.05) is 25.7 Å². The largest absolute Gasteiger partial charge is 0.466 e. The molecular weight excluding hydrogens is 290 g/mol. The molecular formula is C18H31N3O2. The number of guanidine groups is 1. The van der Waals surface area contributed by atoms with Crippen LogP contribution in [-0.4, -0.2) is 32.3 Å². The number of rotatable bonds is 6. The van der Waals surface area contributed by atoms with Crippen molar-refractivity contribution in [1.82, 2.24) is 10.6 Å². The van der Waals surface area contributed by atoms with Gasteiger partial charge < -0.3 is 19.8 Å². The number of aryl methyl sites for hydroxylation is 2. The van der Waals surface area contributed by atoms with Crippen LogP contribution in [0.25, 0.3) is 0 Å². The molecule has 5 nitrogen and oxygen atoms in total. The van der Waals surface area contributed by atoms with E-state index in [-0.39, 0.29) is 0 Å². The molecule has 0 spiro atoms. The summed E-state index contributed by atoms with van der Waals surface area (Å²) < 4.78 is 11.5. The third-order valence-corrected chi connectivity index (χ3v) is 4.36. The predicted octanol–water partition coefficient (Wildman–Crippen LogP) is 3.30. The van der Waals surface area contributed by atoms with Gasteiger partial charge in [-0.2, -0.15) is 0 Å². The molecule has 1 heterocycles. The normalized spacial score (nSPS) is 17.1. The van der Waals surface area contributed by atoms with Crippen LogP contribution in [0.5, 0.6) is 0 Å². The summed E-state index contributed by atoms with van der Waals surface area (Å²) in [4.78, 5) is 4.25. The van der Waals surface area contributed by atoms with Crippen LogP contribution in [0, 0.1) is 13.8 Å². The molecule has 1 aliphatic rings. The lowest BCUT2D eigenvalue weighted by molar-refractivity contribution is 0.0468. The minimum Gasteiger partial charge on any atom is -0.466 e. The Morgan fingerprint density at radius 2 is 1.96 bits per heavy atom. The van der Waals surface area contributed by atoms with Crippen molar-refractivity contribution in [3.05, 3.63) is 23.2 Å². The number of nitrogens with one attached hydrogen (secondary N) is 2. The minimum absolute atomic E-state index is 0.450. The molecule has 1 saturated carbocycles. The zero-order valence-corrected chi connectivity index (χ0v) is 14.8. The fourth-order valence-corrected chi connectivity index (χ4v) is 3.06. The first kappa shape index (κ1) is 17.9. The first-order valence-corrected chi connectivity index (χ1v) is 8.81. The minimum atomic E-state index is 0.450. The van der Waals surface area contributed by atoms with Crippen LogP contribution in [0.1, 0.15) is 55.6 Å². The summed E-state index contributed by atoms with van der Waals surface area (Å²) in [5.41, 5.74) is 1.17. The van der Waals surface area contributed by atoms with E-state index >= 15 is 0 Å². The van der Waals surface area contributed by atoms with Gasteiger partial charge in [-0.25, -0.2) is 0 Å². The smallest absolute Gasteiger partial charge is 0.191 e. The van der Waals surface area contributed by atoms with Gasteiger partial charge in [0.15, 0.2) is 5.96 Å². The van der Waals surface area contributed by atoms with Gasteiger partial charge in [-0.3, -0.25) is 4.99 Å². The highest BCUT2D eigenvalue weighted by Crippen LogP contribution is 2.19. The van der Waals surface area contributed by atoms with E-state index < -0.39 is 0 Å². The van der Waals surface area contributed by atoms with E-state index in [0.717, 1.165) is 30.6 Å². The molecule has 1 aliphatic carbocycles. The predicted molar refractivity (Wildman–Crippen MR) is 93.8 cm³/mol. The topological polar surface area (TPSA) is 58.8 Å². The molecule has 130 valence electrons. The van der Waals surface area contributed by atoms with E-state index in [1.807, 2.05) is 13.8 Å². The fraction of sp³-hybridized carbons (Fsp3) is 0.722. The lowest BCUT2D eigenvalue weighted by Gasteiger charge is -2.16. The average Bonchev–Trinajstić information content (AvgIpc) is 2.74. The van der Waals surface area contributed by atoms with E-state index in [2.05, 4.69) is 21.7 Å². The maximum atomic E-state index is 5.98. The lowest BCUT2D eigenvalue weighted by atomic mass is 10.1. The van der Waals surface area contributed by atoms with Gasteiger partial charge >= 0.3 is 0 Å². The van der Waals surface area contributed by atoms with Gasteiger partial charge in [-0.05, 0) is 32.8 Å². The van der Waals surface area contributed by atoms with Crippen molar-refractivity contribution in [1.29, 1.82) is 0 Å². The van der Waals surface area contributed by atoms with Crippen molar-refractivity contribution < 1.29 is 9.15 Å². The second-order valence-electron chi connectivity index (χ2n) is 6.28. The van der Waals surface area contributed by atoms with E-state index in [4.69, 9.17) is 9.15 Å². The summed E-state index contributed by atoms with van der Waals surface area (Å²) >= 11 is 0. The summed E-state index contributed by atoms with van der Waals surface area (Å²) in [5.74, 6) is 2.70. The molecule has 1 aromatic rings. The van der Waals surface area contributed by atoms with Crippen LogP contribution >= 0.6 is 0 Å². The second-order valence-corrected chi connectivity index (χ2v) is 6.28. The zero-order chi connectivity index (χ0) is 16.5. The third-order valence-electron chi connectivity index (χ3n) is 4.36. The number of furan rings is 1. The molecule has 1 fully saturated rings. The molecule has 0 radical (unpaired) electrons. The number of ether oxygens (including phenoxy) is 1. The molecule has 0 saturated heterocycles. The number of aliphatic imine (C=N–C) groups is 1. The Morgan fingerprint density at radius 3 is 2.57 bits per heavy atom. The summed E-state index contributed by atoms with van der Waals surface area (Å²) in [6.45, 7) is 6.18. The highest BCUT2D eigenvalue weighted by molar-refractivity contribution is 5.79. The van der Waals surface area contributed by atoms with Crippen LogP contribution in [0.2, 0.25) is 0 Å². The monoisotopic (exact) mass is 321 g/mol. The first-order valence-electron chi connectivity index (χ1n) is 8.81. The maximum Gasteiger partial charge on any atom is 0.191 e. The Kier molecular flexibility index (Phi) is 7.46. The Balaban J connectivity index is 1.64. The number of hydrogen-bond donors (Lipinski definition) is 2. The van der Waals surface area contributed by atoms with Gasteiger partial charge in [-0.15, -0.1) is 0 Å². The van der Waals surface area contributed by atoms with Crippen LogP contribution in [0.15, 0.2) is 15.5 Å². The van der Waals surface area contributed by atoms with E-state index in [1.54, 1.807) is 7.05 Å². The van der Waals surface area contributed by atoms with Crippen LogP contribution in [0.4, 0.5) is 0 Å². The molecule has 2 rings (SSSR count). The van der Waals surface area contributed by atoms with Crippen LogP contribution in [0.3, 0.4) is 0 Å². The lowest BCUT2D eigenvalue weighted by Crippen LogP contribution is -2.39. The highest BCUT2D eigenvalue weighted by atomic mass is 16.5. The standard InChI is InChI=1S/C18H31N3O2/c1-14-12-16(15(2)23-14)13-21-18(19-3)20-10-11-22-17-8-6-4-5-7-9-17/h12,17H,4-11,13H2,1-3H3,(H2,19,20,21). The molecule has 0 aliphatic heterocycles. The van der Waals surface area contributed by atoms with Crippen molar-refractivity contribution in [2.45, 2.75) is 65.0 Å². The first-order chi connectivity index (χ1) is 11.2. The Bertz CT molecular complexity index is 488. The van der Waals surface area contributed by atoms with Crippen molar-refractivity contribution in [3.8, 4) is 0 Å². The molecule has 0 bridgehead atoms. The molecule has 5 heteroatoms. The van der Waals surface area contributed by atoms with E-state index in [0.29, 0.717) is 12.6 Å². The second kappa shape index (κ2) is 9.60. The van der Waals surface area contributed by atoms with Crippen molar-refractivity contribution >= 4 is 5.96 Å². The van der Waals surface area contributed by atoms with Gasteiger partial charge in [-0.1, -0.05) is 25.7 Å². The van der Waals surface area contributed by atoms with Crippen LogP contribution < -0.4 is 10.6 Å². The van der Waals surface area contributed by atoms with Crippen LogP contribution in [-0.2, 0) is 11.3 Å². The quantitative estimate of drug-likeness (QED) is 0.365. The van der Waals surface area contributed by atoms with Crippen molar-refractivity contribution in [2.75, 3.05) is 20.2 Å². The summed E-state index contributed by atoms with van der Waals surface area (Å²) in [5, 5.41) is 6.62. The molecule has 0 aromatic carbocycles. The molecule has 2 N–H and O–H groups in total. The molecule has 0 unspecified atom stereocenters. The Labute approximate surface area is 139 Å². The average molecular weight is 321 g/mol. The SMILES string of the molecule is CN=C(NCCOC1CCCCCC1)NCc1cc(C)oc1C. The van der Waals surface area contributed by atoms with E-state index in [1.165, 1.54) is 44.1 Å². The third kappa shape index (κ3) is 6.26. The molecule has 0 amide bonds. The Hall–Kier alpha value is -1.49. The molecule has 1 aromatic heterocycles. The summed E-state index contributed by atoms with van der Waals surface area (Å²) in [7, 11) is 1.79. The Morgan fingerprint density at radius 1 is 1.22 bits per heavy atom. The summed E-state index contributed by atoms with van der Waals surface area (Å²) in [6.07, 6.45) is 8.22. The van der Waals surface area contributed by atoms with Gasteiger partial charge in [0.1, 0.15) is 11.5 Å². The van der Waals surface area contributed by atoms with Gasteiger partial charge in [0.2, 0.25) is 0 Å².